The lowest BCUT2D eigenvalue weighted by atomic mass is 9.78. The van der Waals surface area contributed by atoms with Crippen molar-refractivity contribution in [3.8, 4) is 0 Å². The fraction of sp³-hybridized carbons (Fsp3) is 0.600. The summed E-state index contributed by atoms with van der Waals surface area (Å²) in [5, 5.41) is 0. The van der Waals surface area contributed by atoms with Gasteiger partial charge in [-0.3, -0.25) is 4.79 Å². The van der Waals surface area contributed by atoms with Crippen molar-refractivity contribution in [1.29, 1.82) is 0 Å². The Kier molecular flexibility index (Phi) is 2.17. The third-order valence-electron chi connectivity index (χ3n) is 2.95. The van der Waals surface area contributed by atoms with Crippen molar-refractivity contribution in [3.63, 3.8) is 0 Å². The lowest BCUT2D eigenvalue weighted by Crippen LogP contribution is -2.25. The van der Waals surface area contributed by atoms with Crippen molar-refractivity contribution in [3.05, 3.63) is 18.2 Å². The highest BCUT2D eigenvalue weighted by Crippen LogP contribution is 2.39. The largest absolute Gasteiger partial charge is 0.334 e. The zero-order chi connectivity index (χ0) is 9.26. The van der Waals surface area contributed by atoms with Gasteiger partial charge in [0.15, 0.2) is 6.29 Å². The molecule has 3 nitrogen and oxygen atoms in total. The standard InChI is InChI=1S/C10H14N2O/c1-2-8-3-10(4-8)12-5-9(6-13)11-7-12/h5-8,10H,2-4H2,1H3. The summed E-state index contributed by atoms with van der Waals surface area (Å²) in [5.41, 5.74) is 0.542. The van der Waals surface area contributed by atoms with E-state index in [0.29, 0.717) is 11.7 Å². The van der Waals surface area contributed by atoms with Gasteiger partial charge in [0, 0.05) is 12.2 Å². The summed E-state index contributed by atoms with van der Waals surface area (Å²) in [7, 11) is 0. The van der Waals surface area contributed by atoms with Gasteiger partial charge in [0.05, 0.1) is 6.33 Å². The zero-order valence-corrected chi connectivity index (χ0v) is 7.81. The molecule has 70 valence electrons. The third kappa shape index (κ3) is 1.50. The summed E-state index contributed by atoms with van der Waals surface area (Å²) in [6, 6.07) is 0.589. The molecule has 1 aliphatic rings. The van der Waals surface area contributed by atoms with E-state index in [2.05, 4.69) is 16.5 Å². The number of carbonyl (C=O) groups excluding carboxylic acids is 1. The van der Waals surface area contributed by atoms with Crippen LogP contribution in [0.2, 0.25) is 0 Å². The van der Waals surface area contributed by atoms with Crippen LogP contribution in [-0.4, -0.2) is 15.8 Å². The van der Waals surface area contributed by atoms with Crippen molar-refractivity contribution >= 4 is 6.29 Å². The van der Waals surface area contributed by atoms with E-state index in [4.69, 9.17) is 0 Å². The Balaban J connectivity index is 1.99. The maximum Gasteiger partial charge on any atom is 0.169 e. The molecule has 0 aromatic carbocycles. The maximum absolute atomic E-state index is 10.4. The summed E-state index contributed by atoms with van der Waals surface area (Å²) in [5.74, 6) is 0.882. The number of nitrogens with zero attached hydrogens (tertiary/aromatic N) is 2. The van der Waals surface area contributed by atoms with Crippen LogP contribution in [0.15, 0.2) is 12.5 Å². The minimum absolute atomic E-state index is 0.542. The molecule has 0 aliphatic heterocycles. The lowest BCUT2D eigenvalue weighted by molar-refractivity contribution is 0.111. The van der Waals surface area contributed by atoms with E-state index in [0.717, 1.165) is 12.2 Å². The second kappa shape index (κ2) is 3.32. The second-order valence-corrected chi connectivity index (χ2v) is 3.76. The molecule has 1 heterocycles. The first-order valence-corrected chi connectivity index (χ1v) is 4.82. The summed E-state index contributed by atoms with van der Waals surface area (Å²) in [6.07, 6.45) is 8.15. The van der Waals surface area contributed by atoms with Crippen LogP contribution in [-0.2, 0) is 0 Å². The van der Waals surface area contributed by atoms with E-state index in [1.54, 1.807) is 6.33 Å². The van der Waals surface area contributed by atoms with Crippen LogP contribution >= 0.6 is 0 Å². The number of imidazole rings is 1. The zero-order valence-electron chi connectivity index (χ0n) is 7.81. The Morgan fingerprint density at radius 1 is 1.69 bits per heavy atom. The molecule has 0 N–H and O–H groups in total. The number of aldehydes is 1. The van der Waals surface area contributed by atoms with E-state index in [1.807, 2.05) is 6.20 Å². The molecule has 0 atom stereocenters. The minimum atomic E-state index is 0.542. The number of aromatic nitrogens is 2. The predicted octanol–water partition coefficient (Wildman–Crippen LogP) is 2.06. The van der Waals surface area contributed by atoms with Gasteiger partial charge < -0.3 is 4.57 Å². The van der Waals surface area contributed by atoms with Crippen molar-refractivity contribution in [2.45, 2.75) is 32.2 Å². The lowest BCUT2D eigenvalue weighted by Gasteiger charge is -2.35. The molecule has 3 heteroatoms. The summed E-state index contributed by atoms with van der Waals surface area (Å²) >= 11 is 0. The molecule has 0 unspecified atom stereocenters. The second-order valence-electron chi connectivity index (χ2n) is 3.76. The molecule has 1 aliphatic carbocycles. The van der Waals surface area contributed by atoms with E-state index in [-0.39, 0.29) is 0 Å². The molecule has 0 saturated heterocycles. The summed E-state index contributed by atoms with van der Waals surface area (Å²) in [6.45, 7) is 2.23. The molecule has 1 aromatic rings. The van der Waals surface area contributed by atoms with Crippen molar-refractivity contribution in [1.82, 2.24) is 9.55 Å². The minimum Gasteiger partial charge on any atom is -0.334 e. The topological polar surface area (TPSA) is 34.9 Å². The Morgan fingerprint density at radius 3 is 3.00 bits per heavy atom. The highest BCUT2D eigenvalue weighted by atomic mass is 16.1. The average Bonchev–Trinajstić information content (AvgIpc) is 2.51. The maximum atomic E-state index is 10.4. The molecule has 1 fully saturated rings. The van der Waals surface area contributed by atoms with Crippen LogP contribution in [0.3, 0.4) is 0 Å². The van der Waals surface area contributed by atoms with E-state index < -0.39 is 0 Å². The monoisotopic (exact) mass is 178 g/mol. The van der Waals surface area contributed by atoms with Crippen LogP contribution < -0.4 is 0 Å². The van der Waals surface area contributed by atoms with Gasteiger partial charge in [-0.25, -0.2) is 4.98 Å². The number of rotatable bonds is 3. The Hall–Kier alpha value is -1.12. The van der Waals surface area contributed by atoms with Crippen molar-refractivity contribution in [2.24, 2.45) is 5.92 Å². The van der Waals surface area contributed by atoms with Gasteiger partial charge in [-0.15, -0.1) is 0 Å². The van der Waals surface area contributed by atoms with Gasteiger partial charge in [-0.05, 0) is 18.8 Å². The molecule has 0 spiro atoms. The van der Waals surface area contributed by atoms with Crippen LogP contribution in [0.4, 0.5) is 0 Å². The Bertz CT molecular complexity index is 300. The molecule has 0 bridgehead atoms. The van der Waals surface area contributed by atoms with E-state index in [9.17, 15) is 4.79 Å². The SMILES string of the molecule is CCC1CC(n2cnc(C=O)c2)C1. The van der Waals surface area contributed by atoms with Gasteiger partial charge in [-0.1, -0.05) is 13.3 Å². The molecule has 0 amide bonds. The van der Waals surface area contributed by atoms with Gasteiger partial charge in [0.2, 0.25) is 0 Å². The van der Waals surface area contributed by atoms with Gasteiger partial charge in [0.25, 0.3) is 0 Å². The van der Waals surface area contributed by atoms with E-state index in [1.165, 1.54) is 19.3 Å². The normalized spacial score (nSPS) is 26.8. The highest BCUT2D eigenvalue weighted by Gasteiger charge is 2.28. The first kappa shape index (κ1) is 8.48. The first-order valence-electron chi connectivity index (χ1n) is 4.82. The van der Waals surface area contributed by atoms with E-state index >= 15 is 0 Å². The fourth-order valence-corrected chi connectivity index (χ4v) is 1.89. The van der Waals surface area contributed by atoms with Crippen LogP contribution in [0.25, 0.3) is 0 Å². The van der Waals surface area contributed by atoms with Crippen molar-refractivity contribution in [2.75, 3.05) is 0 Å². The van der Waals surface area contributed by atoms with Gasteiger partial charge >= 0.3 is 0 Å². The van der Waals surface area contributed by atoms with Crippen molar-refractivity contribution < 1.29 is 4.79 Å². The van der Waals surface area contributed by atoms with Crippen LogP contribution in [0, 0.1) is 5.92 Å². The number of hydrogen-bond donors (Lipinski definition) is 0. The number of carbonyl (C=O) groups is 1. The fourth-order valence-electron chi connectivity index (χ4n) is 1.89. The first-order chi connectivity index (χ1) is 6.33. The van der Waals surface area contributed by atoms with Crippen LogP contribution in [0.1, 0.15) is 42.7 Å². The molecule has 2 rings (SSSR count). The predicted molar refractivity (Wildman–Crippen MR) is 49.7 cm³/mol. The Morgan fingerprint density at radius 2 is 2.46 bits per heavy atom. The average molecular weight is 178 g/mol. The molecular formula is C10H14N2O. The smallest absolute Gasteiger partial charge is 0.169 e. The summed E-state index contributed by atoms with van der Waals surface area (Å²) < 4.78 is 2.07. The Labute approximate surface area is 77.8 Å². The summed E-state index contributed by atoms with van der Waals surface area (Å²) in [4.78, 5) is 14.4. The van der Waals surface area contributed by atoms with Gasteiger partial charge in [-0.2, -0.15) is 0 Å². The molecule has 1 aromatic heterocycles. The quantitative estimate of drug-likeness (QED) is 0.664. The molecule has 1 saturated carbocycles. The highest BCUT2D eigenvalue weighted by molar-refractivity contribution is 5.70. The van der Waals surface area contributed by atoms with Crippen LogP contribution in [0.5, 0.6) is 0 Å². The third-order valence-corrected chi connectivity index (χ3v) is 2.95. The molecule has 13 heavy (non-hydrogen) atoms. The molecule has 0 radical (unpaired) electrons. The van der Waals surface area contributed by atoms with Gasteiger partial charge in [0.1, 0.15) is 5.69 Å². The number of hydrogen-bond acceptors (Lipinski definition) is 2. The molecular weight excluding hydrogens is 164 g/mol.